The van der Waals surface area contributed by atoms with Crippen LogP contribution in [-0.4, -0.2) is 7.11 Å². The largest absolute Gasteiger partial charge is 0.381 e. The summed E-state index contributed by atoms with van der Waals surface area (Å²) < 4.78 is 5.11. The molecule has 0 bridgehead atoms. The Bertz CT molecular complexity index is 505. The summed E-state index contributed by atoms with van der Waals surface area (Å²) in [5.74, 6) is 0. The summed E-state index contributed by atoms with van der Waals surface area (Å²) in [7, 11) is 1.72. The van der Waals surface area contributed by atoms with Gasteiger partial charge in [0.2, 0.25) is 0 Å². The lowest BCUT2D eigenvalue weighted by atomic mass is 10.1. The number of anilines is 1. The van der Waals surface area contributed by atoms with Crippen molar-refractivity contribution in [3.63, 3.8) is 0 Å². The van der Waals surface area contributed by atoms with Crippen LogP contribution in [0.25, 0.3) is 0 Å². The van der Waals surface area contributed by atoms with Gasteiger partial charge in [0, 0.05) is 19.3 Å². The molecular weight excluding hydrogens is 234 g/mol. The molecule has 0 unspecified atom stereocenters. The molecule has 0 amide bonds. The van der Waals surface area contributed by atoms with Gasteiger partial charge < -0.3 is 10.1 Å². The highest BCUT2D eigenvalue weighted by Crippen LogP contribution is 2.16. The van der Waals surface area contributed by atoms with E-state index in [-0.39, 0.29) is 0 Å². The maximum atomic E-state index is 5.11. The van der Waals surface area contributed by atoms with E-state index in [2.05, 4.69) is 60.8 Å². The second-order valence-electron chi connectivity index (χ2n) is 4.61. The Morgan fingerprint density at radius 3 is 2.32 bits per heavy atom. The summed E-state index contributed by atoms with van der Waals surface area (Å²) in [5, 5.41) is 3.50. The fourth-order valence-electron chi connectivity index (χ4n) is 2.12. The number of hydrogen-bond donors (Lipinski definition) is 1. The van der Waals surface area contributed by atoms with Crippen LogP contribution in [-0.2, 0) is 24.3 Å². The Morgan fingerprint density at radius 1 is 0.947 bits per heavy atom. The molecule has 19 heavy (non-hydrogen) atoms. The minimum Gasteiger partial charge on any atom is -0.381 e. The Kier molecular flexibility index (Phi) is 4.99. The predicted octanol–water partition coefficient (Wildman–Crippen LogP) is 4.01. The molecule has 0 aliphatic heterocycles. The Morgan fingerprint density at radius 2 is 1.63 bits per heavy atom. The van der Waals surface area contributed by atoms with E-state index in [9.17, 15) is 0 Å². The van der Waals surface area contributed by atoms with Crippen molar-refractivity contribution in [1.82, 2.24) is 0 Å². The summed E-state index contributed by atoms with van der Waals surface area (Å²) >= 11 is 0. The maximum absolute atomic E-state index is 5.11. The molecule has 0 heterocycles. The van der Waals surface area contributed by atoms with Crippen LogP contribution in [0, 0.1) is 0 Å². The van der Waals surface area contributed by atoms with Gasteiger partial charge in [-0.05, 0) is 29.2 Å². The van der Waals surface area contributed by atoms with E-state index in [0.717, 1.165) is 13.0 Å². The molecule has 1 N–H and O–H groups in total. The van der Waals surface area contributed by atoms with Crippen molar-refractivity contribution < 1.29 is 4.74 Å². The number of nitrogens with one attached hydrogen (secondary N) is 1. The molecule has 0 spiro atoms. The lowest BCUT2D eigenvalue weighted by molar-refractivity contribution is 0.185. The average Bonchev–Trinajstić information content (AvgIpc) is 2.47. The molecule has 0 saturated heterocycles. The molecule has 100 valence electrons. The monoisotopic (exact) mass is 255 g/mol. The lowest BCUT2D eigenvalue weighted by Gasteiger charge is -2.11. The number of methoxy groups -OCH3 is 1. The molecule has 2 aromatic carbocycles. The first-order chi connectivity index (χ1) is 9.33. The molecule has 0 saturated carbocycles. The van der Waals surface area contributed by atoms with Gasteiger partial charge in [-0.2, -0.15) is 0 Å². The summed E-state index contributed by atoms with van der Waals surface area (Å²) in [5.41, 5.74) is 5.08. The van der Waals surface area contributed by atoms with E-state index >= 15 is 0 Å². The predicted molar refractivity (Wildman–Crippen MR) is 80.3 cm³/mol. The number of ether oxygens (including phenoxy) is 1. The summed E-state index contributed by atoms with van der Waals surface area (Å²) in [4.78, 5) is 0. The Balaban J connectivity index is 1.98. The average molecular weight is 255 g/mol. The topological polar surface area (TPSA) is 21.3 Å². The van der Waals surface area contributed by atoms with Crippen LogP contribution in [0.2, 0.25) is 0 Å². The number of para-hydroxylation sites is 1. The van der Waals surface area contributed by atoms with Crippen LogP contribution in [0.1, 0.15) is 23.6 Å². The molecule has 0 aromatic heterocycles. The van der Waals surface area contributed by atoms with E-state index in [1.165, 1.54) is 22.4 Å². The highest BCUT2D eigenvalue weighted by atomic mass is 16.5. The van der Waals surface area contributed by atoms with Crippen LogP contribution in [0.4, 0.5) is 5.69 Å². The third-order valence-electron chi connectivity index (χ3n) is 3.22. The van der Waals surface area contributed by atoms with E-state index in [1.807, 2.05) is 0 Å². The first kappa shape index (κ1) is 13.6. The SMILES string of the molecule is CCc1ccccc1NCc1ccc(COC)cc1. The smallest absolute Gasteiger partial charge is 0.0713 e. The molecule has 2 nitrogen and oxygen atoms in total. The van der Waals surface area contributed by atoms with Crippen LogP contribution >= 0.6 is 0 Å². The van der Waals surface area contributed by atoms with Crippen molar-refractivity contribution in [2.45, 2.75) is 26.5 Å². The van der Waals surface area contributed by atoms with Crippen LogP contribution in [0.15, 0.2) is 48.5 Å². The third-order valence-corrected chi connectivity index (χ3v) is 3.22. The number of hydrogen-bond acceptors (Lipinski definition) is 2. The number of rotatable bonds is 6. The van der Waals surface area contributed by atoms with Gasteiger partial charge in [0.1, 0.15) is 0 Å². The zero-order valence-corrected chi connectivity index (χ0v) is 11.6. The van der Waals surface area contributed by atoms with Gasteiger partial charge in [-0.1, -0.05) is 49.4 Å². The van der Waals surface area contributed by atoms with Gasteiger partial charge in [-0.25, -0.2) is 0 Å². The first-order valence-electron chi connectivity index (χ1n) is 6.72. The lowest BCUT2D eigenvalue weighted by Crippen LogP contribution is -2.02. The molecule has 0 fully saturated rings. The zero-order valence-electron chi connectivity index (χ0n) is 11.6. The fraction of sp³-hybridized carbons (Fsp3) is 0.294. The Hall–Kier alpha value is -1.80. The Labute approximate surface area is 115 Å². The van der Waals surface area contributed by atoms with Crippen molar-refractivity contribution >= 4 is 5.69 Å². The quantitative estimate of drug-likeness (QED) is 0.842. The molecule has 0 aliphatic rings. The van der Waals surface area contributed by atoms with Gasteiger partial charge in [-0.15, -0.1) is 0 Å². The molecule has 2 aromatic rings. The van der Waals surface area contributed by atoms with Gasteiger partial charge in [0.15, 0.2) is 0 Å². The van der Waals surface area contributed by atoms with Gasteiger partial charge >= 0.3 is 0 Å². The first-order valence-corrected chi connectivity index (χ1v) is 6.72. The molecule has 2 rings (SSSR count). The fourth-order valence-corrected chi connectivity index (χ4v) is 2.12. The number of benzene rings is 2. The van der Waals surface area contributed by atoms with E-state index in [1.54, 1.807) is 7.11 Å². The second kappa shape index (κ2) is 6.95. The second-order valence-corrected chi connectivity index (χ2v) is 4.61. The van der Waals surface area contributed by atoms with Gasteiger partial charge in [-0.3, -0.25) is 0 Å². The van der Waals surface area contributed by atoms with Gasteiger partial charge in [0.05, 0.1) is 6.61 Å². The molecule has 0 atom stereocenters. The molecule has 0 radical (unpaired) electrons. The van der Waals surface area contributed by atoms with E-state index < -0.39 is 0 Å². The maximum Gasteiger partial charge on any atom is 0.0713 e. The highest BCUT2D eigenvalue weighted by Gasteiger charge is 1.99. The standard InChI is InChI=1S/C17H21NO/c1-3-16-6-4-5-7-17(16)18-12-14-8-10-15(11-9-14)13-19-2/h4-11,18H,3,12-13H2,1-2H3. The van der Waals surface area contributed by atoms with Crippen molar-refractivity contribution in [3.05, 3.63) is 65.2 Å². The third kappa shape index (κ3) is 3.83. The zero-order chi connectivity index (χ0) is 13.5. The van der Waals surface area contributed by atoms with Crippen LogP contribution in [0.3, 0.4) is 0 Å². The van der Waals surface area contributed by atoms with E-state index in [4.69, 9.17) is 4.74 Å². The normalized spacial score (nSPS) is 10.4. The van der Waals surface area contributed by atoms with E-state index in [0.29, 0.717) is 6.61 Å². The minimum absolute atomic E-state index is 0.673. The summed E-state index contributed by atoms with van der Waals surface area (Å²) in [6.45, 7) is 3.71. The minimum atomic E-state index is 0.673. The molecular formula is C17H21NO. The summed E-state index contributed by atoms with van der Waals surface area (Å²) in [6, 6.07) is 17.0. The number of aryl methyl sites for hydroxylation is 1. The van der Waals surface area contributed by atoms with Crippen LogP contribution < -0.4 is 5.32 Å². The van der Waals surface area contributed by atoms with Crippen molar-refractivity contribution in [3.8, 4) is 0 Å². The van der Waals surface area contributed by atoms with Gasteiger partial charge in [0.25, 0.3) is 0 Å². The molecule has 2 heteroatoms. The molecule has 0 aliphatic carbocycles. The van der Waals surface area contributed by atoms with Crippen LogP contribution in [0.5, 0.6) is 0 Å². The highest BCUT2D eigenvalue weighted by molar-refractivity contribution is 5.51. The summed E-state index contributed by atoms with van der Waals surface area (Å²) in [6.07, 6.45) is 1.05. The van der Waals surface area contributed by atoms with Crippen molar-refractivity contribution in [2.75, 3.05) is 12.4 Å². The van der Waals surface area contributed by atoms with Crippen molar-refractivity contribution in [2.24, 2.45) is 0 Å². The van der Waals surface area contributed by atoms with Crippen molar-refractivity contribution in [1.29, 1.82) is 0 Å².